The fourth-order valence-corrected chi connectivity index (χ4v) is 3.51. The number of carbonyl (C=O) groups is 1. The van der Waals surface area contributed by atoms with Gasteiger partial charge in [0.2, 0.25) is 5.43 Å². The number of benzene rings is 1. The molecule has 0 aliphatic rings. The number of thiazole rings is 1. The summed E-state index contributed by atoms with van der Waals surface area (Å²) < 4.78 is 45.1. The number of nitrogens with one attached hydrogen (secondary N) is 2. The molecule has 28 heavy (non-hydrogen) atoms. The van der Waals surface area contributed by atoms with Crippen LogP contribution in [0.15, 0.2) is 34.6 Å². The molecule has 0 saturated heterocycles. The summed E-state index contributed by atoms with van der Waals surface area (Å²) in [5.41, 5.74) is -2.89. The van der Waals surface area contributed by atoms with E-state index in [0.717, 1.165) is 23.5 Å². The van der Waals surface area contributed by atoms with Gasteiger partial charge in [-0.25, -0.2) is 4.98 Å². The SMILES string of the molecule is COCC(Cl)c1[nH]c2c(C(F)(F)F)cccc2c(=O)c1C(=O)Nc1nccs1. The van der Waals surface area contributed by atoms with Crippen molar-refractivity contribution in [1.29, 1.82) is 0 Å². The number of alkyl halides is 4. The standard InChI is InChI=1S/C17H13ClF3N3O3S/c1-27-7-10(18)13-11(15(26)24-16-22-5-6-28-16)14(25)8-3-2-4-9(12(8)23-13)17(19,20)21/h2-6,10H,7H2,1H3,(H,23,25)(H,22,24,26). The van der Waals surface area contributed by atoms with Crippen molar-refractivity contribution in [3.05, 3.63) is 56.8 Å². The van der Waals surface area contributed by atoms with Gasteiger partial charge in [0.25, 0.3) is 5.91 Å². The molecule has 6 nitrogen and oxygen atoms in total. The Bertz CT molecular complexity index is 1070. The summed E-state index contributed by atoms with van der Waals surface area (Å²) in [7, 11) is 1.34. The number of pyridine rings is 1. The van der Waals surface area contributed by atoms with Gasteiger partial charge < -0.3 is 9.72 Å². The van der Waals surface area contributed by atoms with Crippen LogP contribution in [0.1, 0.15) is 27.0 Å². The van der Waals surface area contributed by atoms with Crippen LogP contribution >= 0.6 is 22.9 Å². The summed E-state index contributed by atoms with van der Waals surface area (Å²) in [6, 6.07) is 3.17. The molecular weight excluding hydrogens is 419 g/mol. The predicted molar refractivity (Wildman–Crippen MR) is 100 cm³/mol. The molecule has 11 heteroatoms. The van der Waals surface area contributed by atoms with E-state index in [0.29, 0.717) is 0 Å². The molecule has 1 aromatic carbocycles. The van der Waals surface area contributed by atoms with Gasteiger partial charge in [0, 0.05) is 24.1 Å². The van der Waals surface area contributed by atoms with Crippen LogP contribution in [-0.2, 0) is 10.9 Å². The smallest absolute Gasteiger partial charge is 0.383 e. The van der Waals surface area contributed by atoms with Crippen molar-refractivity contribution in [2.24, 2.45) is 0 Å². The van der Waals surface area contributed by atoms with Crippen LogP contribution in [0.5, 0.6) is 0 Å². The van der Waals surface area contributed by atoms with Crippen molar-refractivity contribution >= 4 is 44.9 Å². The molecule has 0 bridgehead atoms. The normalized spacial score (nSPS) is 12.9. The third-order valence-electron chi connectivity index (χ3n) is 3.88. The molecule has 2 aromatic heterocycles. The Hall–Kier alpha value is -2.43. The Labute approximate surface area is 165 Å². The highest BCUT2D eigenvalue weighted by molar-refractivity contribution is 7.13. The van der Waals surface area contributed by atoms with Crippen molar-refractivity contribution in [3.8, 4) is 0 Å². The van der Waals surface area contributed by atoms with Crippen molar-refractivity contribution < 1.29 is 22.7 Å². The van der Waals surface area contributed by atoms with E-state index in [1.54, 1.807) is 5.38 Å². The number of hydrogen-bond acceptors (Lipinski definition) is 5. The largest absolute Gasteiger partial charge is 0.418 e. The van der Waals surface area contributed by atoms with Gasteiger partial charge >= 0.3 is 6.18 Å². The van der Waals surface area contributed by atoms with Crippen LogP contribution < -0.4 is 10.7 Å². The van der Waals surface area contributed by atoms with Gasteiger partial charge in [-0.05, 0) is 12.1 Å². The monoisotopic (exact) mass is 431 g/mol. The van der Waals surface area contributed by atoms with Crippen LogP contribution in [0, 0.1) is 0 Å². The van der Waals surface area contributed by atoms with Crippen LogP contribution in [0.4, 0.5) is 18.3 Å². The maximum absolute atomic E-state index is 13.4. The summed E-state index contributed by atoms with van der Waals surface area (Å²) in [4.78, 5) is 32.1. The van der Waals surface area contributed by atoms with E-state index in [-0.39, 0.29) is 28.4 Å². The molecule has 0 fully saturated rings. The zero-order valence-electron chi connectivity index (χ0n) is 14.3. The van der Waals surface area contributed by atoms with Crippen LogP contribution in [0.3, 0.4) is 0 Å². The predicted octanol–water partition coefficient (Wildman–Crippen LogP) is 4.18. The van der Waals surface area contributed by atoms with Crippen molar-refractivity contribution in [3.63, 3.8) is 0 Å². The minimum absolute atomic E-state index is 0.130. The molecule has 3 rings (SSSR count). The first-order valence-corrected chi connectivity index (χ1v) is 9.15. The number of hydrogen-bond donors (Lipinski definition) is 2. The molecule has 1 unspecified atom stereocenters. The Kier molecular flexibility index (Phi) is 5.73. The van der Waals surface area contributed by atoms with E-state index in [9.17, 15) is 22.8 Å². The number of fused-ring (bicyclic) bond motifs is 1. The van der Waals surface area contributed by atoms with E-state index >= 15 is 0 Å². The highest BCUT2D eigenvalue weighted by Gasteiger charge is 2.34. The second kappa shape index (κ2) is 7.90. The fourth-order valence-electron chi connectivity index (χ4n) is 2.70. The molecule has 1 amide bonds. The maximum Gasteiger partial charge on any atom is 0.418 e. The highest BCUT2D eigenvalue weighted by Crippen LogP contribution is 2.34. The average Bonchev–Trinajstić information content (AvgIpc) is 3.13. The number of para-hydroxylation sites is 1. The van der Waals surface area contributed by atoms with Gasteiger partial charge in [-0.3, -0.25) is 14.9 Å². The molecule has 1 atom stereocenters. The first-order valence-electron chi connectivity index (χ1n) is 7.84. The Morgan fingerprint density at radius 2 is 2.18 bits per heavy atom. The maximum atomic E-state index is 13.4. The number of carbonyl (C=O) groups excluding carboxylic acids is 1. The first-order chi connectivity index (χ1) is 13.2. The number of aromatic amines is 1. The van der Waals surface area contributed by atoms with Gasteiger partial charge in [-0.1, -0.05) is 6.07 Å². The average molecular weight is 432 g/mol. The Morgan fingerprint density at radius 3 is 2.79 bits per heavy atom. The van der Waals surface area contributed by atoms with E-state index in [1.165, 1.54) is 19.4 Å². The Morgan fingerprint density at radius 1 is 1.43 bits per heavy atom. The number of halogens is 4. The number of methoxy groups -OCH3 is 1. The number of nitrogens with zero attached hydrogens (tertiary/aromatic N) is 1. The lowest BCUT2D eigenvalue weighted by Crippen LogP contribution is -2.27. The molecule has 0 spiro atoms. The zero-order valence-corrected chi connectivity index (χ0v) is 15.8. The summed E-state index contributed by atoms with van der Waals surface area (Å²) in [6.45, 7) is -0.130. The van der Waals surface area contributed by atoms with Crippen LogP contribution in [0.2, 0.25) is 0 Å². The molecule has 0 saturated carbocycles. The summed E-state index contributed by atoms with van der Waals surface area (Å²) >= 11 is 7.33. The van der Waals surface area contributed by atoms with Crippen LogP contribution in [0.25, 0.3) is 10.9 Å². The second-order valence-corrected chi connectivity index (χ2v) is 7.10. The number of rotatable bonds is 5. The van der Waals surface area contributed by atoms with Gasteiger partial charge in [0.15, 0.2) is 5.13 Å². The molecule has 3 aromatic rings. The number of ether oxygens (including phenoxy) is 1. The van der Waals surface area contributed by atoms with E-state index in [2.05, 4.69) is 15.3 Å². The van der Waals surface area contributed by atoms with E-state index in [4.69, 9.17) is 16.3 Å². The quantitative estimate of drug-likeness (QED) is 0.593. The highest BCUT2D eigenvalue weighted by atomic mass is 35.5. The fraction of sp³-hybridized carbons (Fsp3) is 0.235. The number of anilines is 1. The molecular formula is C17H13ClF3N3O3S. The number of amides is 1. The minimum Gasteiger partial charge on any atom is -0.383 e. The van der Waals surface area contributed by atoms with E-state index in [1.807, 2.05) is 0 Å². The molecule has 0 aliphatic heterocycles. The third kappa shape index (κ3) is 3.89. The molecule has 148 valence electrons. The molecule has 2 heterocycles. The van der Waals surface area contributed by atoms with Gasteiger partial charge in [0.1, 0.15) is 5.56 Å². The summed E-state index contributed by atoms with van der Waals surface area (Å²) in [6.07, 6.45) is -3.25. The summed E-state index contributed by atoms with van der Waals surface area (Å²) in [5.74, 6) is -0.827. The van der Waals surface area contributed by atoms with Gasteiger partial charge in [-0.2, -0.15) is 13.2 Å². The van der Waals surface area contributed by atoms with E-state index < -0.39 is 34.0 Å². The Balaban J connectivity index is 2.26. The lowest BCUT2D eigenvalue weighted by atomic mass is 10.0. The lowest BCUT2D eigenvalue weighted by molar-refractivity contribution is -0.136. The molecule has 0 radical (unpaired) electrons. The lowest BCUT2D eigenvalue weighted by Gasteiger charge is -2.17. The zero-order chi connectivity index (χ0) is 20.5. The third-order valence-corrected chi connectivity index (χ3v) is 4.91. The topological polar surface area (TPSA) is 84.1 Å². The number of H-pyrrole nitrogens is 1. The van der Waals surface area contributed by atoms with Gasteiger partial charge in [-0.15, -0.1) is 22.9 Å². The molecule has 2 N–H and O–H groups in total. The first kappa shape index (κ1) is 20.3. The summed E-state index contributed by atoms with van der Waals surface area (Å²) in [5, 5.41) is 2.97. The molecule has 0 aliphatic carbocycles. The van der Waals surface area contributed by atoms with Crippen molar-refractivity contribution in [2.45, 2.75) is 11.6 Å². The minimum atomic E-state index is -4.70. The van der Waals surface area contributed by atoms with Crippen molar-refractivity contribution in [1.82, 2.24) is 9.97 Å². The van der Waals surface area contributed by atoms with Crippen LogP contribution in [-0.4, -0.2) is 29.6 Å². The number of aromatic nitrogens is 2. The second-order valence-electron chi connectivity index (χ2n) is 5.68. The van der Waals surface area contributed by atoms with Gasteiger partial charge in [0.05, 0.1) is 28.8 Å². The van der Waals surface area contributed by atoms with Crippen molar-refractivity contribution in [2.75, 3.05) is 19.0 Å².